The predicted octanol–water partition coefficient (Wildman–Crippen LogP) is 8.40. The fraction of sp³-hybridized carbons (Fsp3) is 0.303. The number of thiophene rings is 1. The molecule has 0 saturated carbocycles. The predicted molar refractivity (Wildman–Crippen MR) is 166 cm³/mol. The largest absolute Gasteiger partial charge is 0.497 e. The molecule has 228 valence electrons. The molecule has 0 fully saturated rings. The number of hydrogen-bond donors (Lipinski definition) is 2. The molecule has 1 heterocycles. The summed E-state index contributed by atoms with van der Waals surface area (Å²) in [4.78, 5) is 12.8. The van der Waals surface area contributed by atoms with E-state index < -0.39 is 18.0 Å². The SMILES string of the molecule is C/C=C/C(F)(F)c1ccccc1[C@@H](C)Oc1cc(Nc2cc(OCC3C=CC(OC)=CC3C)ccc2N)sc1C(=O)OC. The van der Waals surface area contributed by atoms with Crippen LogP contribution >= 0.6 is 11.3 Å². The van der Waals surface area contributed by atoms with Crippen LogP contribution in [-0.4, -0.2) is 26.8 Å². The van der Waals surface area contributed by atoms with Gasteiger partial charge in [0.05, 0.1) is 37.2 Å². The van der Waals surface area contributed by atoms with Crippen LogP contribution in [0.15, 0.2) is 84.7 Å². The summed E-state index contributed by atoms with van der Waals surface area (Å²) in [7, 11) is 2.91. The number of halogens is 2. The van der Waals surface area contributed by atoms with E-state index in [0.29, 0.717) is 34.3 Å². The van der Waals surface area contributed by atoms with Crippen LogP contribution in [0.4, 0.5) is 25.2 Å². The number of nitrogens with two attached hydrogens (primary N) is 1. The van der Waals surface area contributed by atoms with Crippen molar-refractivity contribution in [3.05, 3.63) is 101 Å². The molecule has 1 aliphatic rings. The lowest BCUT2D eigenvalue weighted by atomic mass is 9.90. The van der Waals surface area contributed by atoms with Crippen molar-refractivity contribution in [1.82, 2.24) is 0 Å². The summed E-state index contributed by atoms with van der Waals surface area (Å²) in [5.41, 5.74) is 7.41. The van der Waals surface area contributed by atoms with E-state index in [1.807, 2.05) is 6.08 Å². The molecule has 4 rings (SSSR count). The van der Waals surface area contributed by atoms with Gasteiger partial charge in [0.25, 0.3) is 5.92 Å². The molecule has 2 unspecified atom stereocenters. The zero-order valence-electron chi connectivity index (χ0n) is 24.7. The van der Waals surface area contributed by atoms with Gasteiger partial charge in [-0.15, -0.1) is 11.3 Å². The minimum Gasteiger partial charge on any atom is -0.497 e. The Morgan fingerprint density at radius 2 is 1.95 bits per heavy atom. The van der Waals surface area contributed by atoms with Gasteiger partial charge in [0.2, 0.25) is 0 Å². The molecule has 2 aromatic carbocycles. The molecule has 0 aliphatic heterocycles. The number of rotatable bonds is 12. The first-order valence-electron chi connectivity index (χ1n) is 13.8. The molecule has 43 heavy (non-hydrogen) atoms. The fourth-order valence-electron chi connectivity index (χ4n) is 4.70. The Bertz CT molecular complexity index is 1530. The van der Waals surface area contributed by atoms with Crippen molar-refractivity contribution < 1.29 is 32.5 Å². The monoisotopic (exact) mass is 610 g/mol. The number of ether oxygens (including phenoxy) is 4. The standard InChI is InChI=1S/C33H36F2N2O5S/c1-6-15-33(34,35)26-10-8-7-9-25(26)21(3)42-29-18-30(43-31(29)32(38)40-5)37-28-17-24(13-14-27(28)36)41-19-22-11-12-23(39-4)16-20(22)2/h6-18,20-22,37H,19,36H2,1-5H3/b15-6+/t20?,21-,22?/m1/s1. The van der Waals surface area contributed by atoms with Crippen molar-refractivity contribution in [3.8, 4) is 11.5 Å². The first-order chi connectivity index (χ1) is 20.6. The Hall–Kier alpha value is -4.31. The van der Waals surface area contributed by atoms with Crippen molar-refractivity contribution >= 4 is 33.7 Å². The van der Waals surface area contributed by atoms with E-state index in [-0.39, 0.29) is 28.0 Å². The van der Waals surface area contributed by atoms with Crippen LogP contribution in [0.1, 0.15) is 47.7 Å². The van der Waals surface area contributed by atoms with Crippen molar-refractivity contribution in [3.63, 3.8) is 0 Å². The van der Waals surface area contributed by atoms with Crippen LogP contribution in [0.25, 0.3) is 0 Å². The molecule has 3 atom stereocenters. The molecule has 1 aromatic heterocycles. The van der Waals surface area contributed by atoms with Gasteiger partial charge in [0.1, 0.15) is 23.4 Å². The molecule has 0 spiro atoms. The van der Waals surface area contributed by atoms with Crippen molar-refractivity contribution in [1.29, 1.82) is 0 Å². The number of anilines is 3. The average molecular weight is 611 g/mol. The molecule has 0 radical (unpaired) electrons. The number of hydrogen-bond acceptors (Lipinski definition) is 8. The minimum absolute atomic E-state index is 0.174. The van der Waals surface area contributed by atoms with Gasteiger partial charge in [0, 0.05) is 29.2 Å². The third-order valence-corrected chi connectivity index (χ3v) is 8.09. The van der Waals surface area contributed by atoms with Gasteiger partial charge in [0.15, 0.2) is 4.88 Å². The molecule has 10 heteroatoms. The second-order valence-corrected chi connectivity index (χ2v) is 11.2. The van der Waals surface area contributed by atoms with Gasteiger partial charge >= 0.3 is 5.97 Å². The topological polar surface area (TPSA) is 92.0 Å². The van der Waals surface area contributed by atoms with Gasteiger partial charge in [-0.1, -0.05) is 43.3 Å². The highest BCUT2D eigenvalue weighted by Crippen LogP contribution is 2.41. The lowest BCUT2D eigenvalue weighted by Crippen LogP contribution is -2.19. The van der Waals surface area contributed by atoms with E-state index in [1.165, 1.54) is 26.2 Å². The summed E-state index contributed by atoms with van der Waals surface area (Å²) in [6.07, 6.45) is 7.42. The number of carbonyl (C=O) groups excluding carboxylic acids is 1. The average Bonchev–Trinajstić information content (AvgIpc) is 3.39. The zero-order chi connectivity index (χ0) is 31.1. The number of nitrogens with one attached hydrogen (secondary N) is 1. The van der Waals surface area contributed by atoms with Crippen molar-refractivity contribution in [2.45, 2.75) is 32.8 Å². The highest BCUT2D eigenvalue weighted by molar-refractivity contribution is 7.18. The van der Waals surface area contributed by atoms with Crippen LogP contribution in [0.2, 0.25) is 0 Å². The summed E-state index contributed by atoms with van der Waals surface area (Å²) >= 11 is 1.10. The Morgan fingerprint density at radius 1 is 1.19 bits per heavy atom. The van der Waals surface area contributed by atoms with E-state index in [1.54, 1.807) is 56.5 Å². The van der Waals surface area contributed by atoms with E-state index in [9.17, 15) is 13.6 Å². The second kappa shape index (κ2) is 13.8. The molecule has 1 aliphatic carbocycles. The normalized spacial score (nSPS) is 17.3. The number of alkyl halides is 2. The molecule has 0 saturated heterocycles. The smallest absolute Gasteiger partial charge is 0.351 e. The maximum atomic E-state index is 14.8. The van der Waals surface area contributed by atoms with E-state index in [2.05, 4.69) is 24.4 Å². The van der Waals surface area contributed by atoms with Gasteiger partial charge in [-0.05, 0) is 50.1 Å². The van der Waals surface area contributed by atoms with Crippen molar-refractivity contribution in [2.75, 3.05) is 31.9 Å². The summed E-state index contributed by atoms with van der Waals surface area (Å²) in [6, 6.07) is 13.1. The van der Waals surface area contributed by atoms with Crippen LogP contribution in [0.3, 0.4) is 0 Å². The Morgan fingerprint density at radius 3 is 2.65 bits per heavy atom. The zero-order valence-corrected chi connectivity index (χ0v) is 25.5. The van der Waals surface area contributed by atoms with Crippen LogP contribution in [-0.2, 0) is 15.4 Å². The van der Waals surface area contributed by atoms with E-state index in [0.717, 1.165) is 23.2 Å². The third-order valence-electron chi connectivity index (χ3n) is 7.08. The van der Waals surface area contributed by atoms with E-state index >= 15 is 0 Å². The summed E-state index contributed by atoms with van der Waals surface area (Å²) < 4.78 is 52.2. The number of methoxy groups -OCH3 is 2. The lowest BCUT2D eigenvalue weighted by molar-refractivity contribution is 0.0481. The number of benzene rings is 2. The third kappa shape index (κ3) is 7.56. The molecule has 0 amide bonds. The number of carbonyl (C=O) groups is 1. The first kappa shape index (κ1) is 31.6. The van der Waals surface area contributed by atoms with Crippen LogP contribution in [0.5, 0.6) is 11.5 Å². The highest BCUT2D eigenvalue weighted by atomic mass is 32.1. The molecule has 3 N–H and O–H groups in total. The Balaban J connectivity index is 1.54. The Labute approximate surface area is 254 Å². The lowest BCUT2D eigenvalue weighted by Gasteiger charge is -2.23. The van der Waals surface area contributed by atoms with Gasteiger partial charge < -0.3 is 30.0 Å². The highest BCUT2D eigenvalue weighted by Gasteiger charge is 2.32. The quantitative estimate of drug-likeness (QED) is 0.121. The first-order valence-corrected chi connectivity index (χ1v) is 14.6. The van der Waals surface area contributed by atoms with Crippen LogP contribution in [0, 0.1) is 11.8 Å². The molecule has 3 aromatic rings. The van der Waals surface area contributed by atoms with Gasteiger partial charge in [-0.3, -0.25) is 0 Å². The van der Waals surface area contributed by atoms with Crippen LogP contribution < -0.4 is 20.5 Å². The maximum absolute atomic E-state index is 14.8. The number of allylic oxidation sites excluding steroid dienone is 4. The van der Waals surface area contributed by atoms with Gasteiger partial charge in [-0.2, -0.15) is 8.78 Å². The molecule has 7 nitrogen and oxygen atoms in total. The maximum Gasteiger partial charge on any atom is 0.351 e. The summed E-state index contributed by atoms with van der Waals surface area (Å²) in [5, 5.41) is 3.78. The summed E-state index contributed by atoms with van der Waals surface area (Å²) in [5.74, 6) is -1.73. The fourth-order valence-corrected chi connectivity index (χ4v) is 5.62. The second-order valence-electron chi connectivity index (χ2n) is 10.1. The van der Waals surface area contributed by atoms with Gasteiger partial charge in [-0.25, -0.2) is 4.79 Å². The number of nitrogen functional groups attached to an aromatic ring is 1. The molecular weight excluding hydrogens is 574 g/mol. The number of esters is 1. The Kier molecular flexibility index (Phi) is 10.1. The van der Waals surface area contributed by atoms with E-state index in [4.69, 9.17) is 24.7 Å². The molecular formula is C33H36F2N2O5S. The minimum atomic E-state index is -3.19. The summed E-state index contributed by atoms with van der Waals surface area (Å²) in [6.45, 7) is 5.76. The van der Waals surface area contributed by atoms with Crippen molar-refractivity contribution in [2.24, 2.45) is 11.8 Å². The molecule has 0 bridgehead atoms.